The Bertz CT molecular complexity index is 528. The molecule has 1 amide bonds. The molecule has 0 radical (unpaired) electrons. The van der Waals surface area contributed by atoms with Crippen molar-refractivity contribution >= 4 is 17.6 Å². The minimum Gasteiger partial charge on any atom is -0.497 e. The third kappa shape index (κ3) is 2.54. The van der Waals surface area contributed by atoms with Crippen LogP contribution >= 0.6 is 0 Å². The number of piperidine rings is 1. The highest BCUT2D eigenvalue weighted by Crippen LogP contribution is 2.36. The Hall–Kier alpha value is -2.24. The molecule has 0 aliphatic carbocycles. The standard InChI is InChI=1S/C14H17NO5/c1-19-9-6-7-12(20-2)11(8-9)15-10(14(17)18)4-3-5-13(15)16/h6-8,10H,3-5H2,1-2H3,(H,17,18). The Kier molecular flexibility index (Phi) is 4.12. The first kappa shape index (κ1) is 14.2. The Labute approximate surface area is 116 Å². The average molecular weight is 279 g/mol. The number of nitrogens with zero attached hydrogens (tertiary/aromatic N) is 1. The van der Waals surface area contributed by atoms with Crippen LogP contribution in [0.25, 0.3) is 0 Å². The number of methoxy groups -OCH3 is 2. The molecule has 20 heavy (non-hydrogen) atoms. The van der Waals surface area contributed by atoms with E-state index in [1.165, 1.54) is 19.1 Å². The van der Waals surface area contributed by atoms with Crippen molar-refractivity contribution in [2.75, 3.05) is 19.1 Å². The number of hydrogen-bond donors (Lipinski definition) is 1. The highest BCUT2D eigenvalue weighted by molar-refractivity contribution is 6.01. The maximum Gasteiger partial charge on any atom is 0.326 e. The van der Waals surface area contributed by atoms with Gasteiger partial charge in [0.05, 0.1) is 19.9 Å². The lowest BCUT2D eigenvalue weighted by Crippen LogP contribution is -2.48. The summed E-state index contributed by atoms with van der Waals surface area (Å²) in [6, 6.07) is 4.12. The number of rotatable bonds is 4. The number of carboxylic acids is 1. The second-order valence-corrected chi connectivity index (χ2v) is 4.55. The van der Waals surface area contributed by atoms with Crippen LogP contribution in [0.5, 0.6) is 11.5 Å². The lowest BCUT2D eigenvalue weighted by atomic mass is 10.0. The summed E-state index contributed by atoms with van der Waals surface area (Å²) in [5.74, 6) is -0.228. The molecular formula is C14H17NO5. The van der Waals surface area contributed by atoms with Crippen molar-refractivity contribution in [3.05, 3.63) is 18.2 Å². The highest BCUT2D eigenvalue weighted by Gasteiger charge is 2.35. The molecule has 1 heterocycles. The van der Waals surface area contributed by atoms with Gasteiger partial charge in [-0.05, 0) is 25.0 Å². The van der Waals surface area contributed by atoms with Crippen molar-refractivity contribution < 1.29 is 24.2 Å². The molecule has 1 fully saturated rings. The fourth-order valence-electron chi connectivity index (χ4n) is 2.39. The van der Waals surface area contributed by atoms with Crippen molar-refractivity contribution in [1.29, 1.82) is 0 Å². The van der Waals surface area contributed by atoms with Gasteiger partial charge in [-0.3, -0.25) is 9.69 Å². The number of carboxylic acid groups (broad SMARTS) is 1. The summed E-state index contributed by atoms with van der Waals surface area (Å²) in [6.07, 6.45) is 1.35. The quantitative estimate of drug-likeness (QED) is 0.907. The monoisotopic (exact) mass is 279 g/mol. The molecule has 0 spiro atoms. The summed E-state index contributed by atoms with van der Waals surface area (Å²) in [5.41, 5.74) is 0.434. The Morgan fingerprint density at radius 2 is 2.10 bits per heavy atom. The van der Waals surface area contributed by atoms with Crippen LogP contribution in [0.2, 0.25) is 0 Å². The van der Waals surface area contributed by atoms with Gasteiger partial charge in [0.15, 0.2) is 0 Å². The number of amides is 1. The maximum atomic E-state index is 12.1. The molecule has 1 unspecified atom stereocenters. The van der Waals surface area contributed by atoms with E-state index in [1.54, 1.807) is 18.2 Å². The molecule has 2 rings (SSSR count). The first-order chi connectivity index (χ1) is 9.58. The van der Waals surface area contributed by atoms with Crippen molar-refractivity contribution in [2.45, 2.75) is 25.3 Å². The lowest BCUT2D eigenvalue weighted by molar-refractivity contribution is -0.141. The molecule has 1 aromatic rings. The highest BCUT2D eigenvalue weighted by atomic mass is 16.5. The Balaban J connectivity index is 2.49. The van der Waals surface area contributed by atoms with E-state index < -0.39 is 12.0 Å². The van der Waals surface area contributed by atoms with E-state index >= 15 is 0 Å². The van der Waals surface area contributed by atoms with Crippen LogP contribution in [0.4, 0.5) is 5.69 Å². The van der Waals surface area contributed by atoms with Crippen molar-refractivity contribution in [3.8, 4) is 11.5 Å². The van der Waals surface area contributed by atoms with E-state index in [-0.39, 0.29) is 5.91 Å². The predicted molar refractivity (Wildman–Crippen MR) is 72.3 cm³/mol. The summed E-state index contributed by atoms with van der Waals surface area (Å²) >= 11 is 0. The lowest BCUT2D eigenvalue weighted by Gasteiger charge is -2.33. The van der Waals surface area contributed by atoms with E-state index in [1.807, 2.05) is 0 Å². The molecular weight excluding hydrogens is 262 g/mol. The van der Waals surface area contributed by atoms with Gasteiger partial charge in [0.2, 0.25) is 5.91 Å². The second-order valence-electron chi connectivity index (χ2n) is 4.55. The normalized spacial score (nSPS) is 18.8. The molecule has 1 atom stereocenters. The number of anilines is 1. The molecule has 6 heteroatoms. The molecule has 0 aromatic heterocycles. The third-order valence-corrected chi connectivity index (χ3v) is 3.38. The number of carbonyl (C=O) groups excluding carboxylic acids is 1. The molecule has 1 N–H and O–H groups in total. The number of aliphatic carboxylic acids is 1. The van der Waals surface area contributed by atoms with Crippen molar-refractivity contribution in [3.63, 3.8) is 0 Å². The molecule has 1 aliphatic heterocycles. The van der Waals surface area contributed by atoms with Gasteiger partial charge in [-0.15, -0.1) is 0 Å². The van der Waals surface area contributed by atoms with Gasteiger partial charge in [-0.25, -0.2) is 4.79 Å². The SMILES string of the molecule is COc1ccc(OC)c(N2C(=O)CCCC2C(=O)O)c1. The fourth-order valence-corrected chi connectivity index (χ4v) is 2.39. The summed E-state index contributed by atoms with van der Waals surface area (Å²) in [6.45, 7) is 0. The van der Waals surface area contributed by atoms with Gasteiger partial charge in [0.25, 0.3) is 0 Å². The van der Waals surface area contributed by atoms with Crippen LogP contribution in [0, 0.1) is 0 Å². The summed E-state index contributed by atoms with van der Waals surface area (Å²) in [7, 11) is 2.99. The zero-order chi connectivity index (χ0) is 14.7. The number of benzene rings is 1. The largest absolute Gasteiger partial charge is 0.497 e. The van der Waals surface area contributed by atoms with Crippen LogP contribution in [0.1, 0.15) is 19.3 Å². The van der Waals surface area contributed by atoms with E-state index in [4.69, 9.17) is 9.47 Å². The number of hydrogen-bond acceptors (Lipinski definition) is 4. The number of carbonyl (C=O) groups is 2. The minimum absolute atomic E-state index is 0.213. The molecule has 0 bridgehead atoms. The zero-order valence-corrected chi connectivity index (χ0v) is 11.5. The third-order valence-electron chi connectivity index (χ3n) is 3.38. The van der Waals surface area contributed by atoms with Crippen LogP contribution in [-0.4, -0.2) is 37.2 Å². The van der Waals surface area contributed by atoms with E-state index in [0.717, 1.165) is 0 Å². The Morgan fingerprint density at radius 3 is 2.70 bits per heavy atom. The number of ether oxygens (including phenoxy) is 2. The predicted octanol–water partition coefficient (Wildman–Crippen LogP) is 1.67. The maximum absolute atomic E-state index is 12.1. The smallest absolute Gasteiger partial charge is 0.326 e. The van der Waals surface area contributed by atoms with Gasteiger partial charge >= 0.3 is 5.97 Å². The Morgan fingerprint density at radius 1 is 1.35 bits per heavy atom. The molecule has 1 saturated heterocycles. The van der Waals surface area contributed by atoms with Crippen molar-refractivity contribution in [1.82, 2.24) is 0 Å². The first-order valence-corrected chi connectivity index (χ1v) is 6.35. The average Bonchev–Trinajstić information content (AvgIpc) is 2.46. The summed E-state index contributed by atoms with van der Waals surface area (Å²) in [5, 5.41) is 9.31. The molecule has 108 valence electrons. The van der Waals surface area contributed by atoms with Gasteiger partial charge in [-0.1, -0.05) is 0 Å². The fraction of sp³-hybridized carbons (Fsp3) is 0.429. The van der Waals surface area contributed by atoms with Gasteiger partial charge in [0.1, 0.15) is 17.5 Å². The molecule has 1 aromatic carbocycles. The topological polar surface area (TPSA) is 76.1 Å². The van der Waals surface area contributed by atoms with Crippen LogP contribution in [-0.2, 0) is 9.59 Å². The second kappa shape index (κ2) is 5.81. The van der Waals surface area contributed by atoms with Crippen LogP contribution in [0.15, 0.2) is 18.2 Å². The van der Waals surface area contributed by atoms with Crippen molar-refractivity contribution in [2.24, 2.45) is 0 Å². The molecule has 1 aliphatic rings. The summed E-state index contributed by atoms with van der Waals surface area (Å²) < 4.78 is 10.4. The first-order valence-electron chi connectivity index (χ1n) is 6.35. The zero-order valence-electron chi connectivity index (χ0n) is 11.5. The van der Waals surface area contributed by atoms with Gasteiger partial charge in [-0.2, -0.15) is 0 Å². The van der Waals surface area contributed by atoms with Crippen LogP contribution in [0.3, 0.4) is 0 Å². The van der Waals surface area contributed by atoms with E-state index in [2.05, 4.69) is 0 Å². The van der Waals surface area contributed by atoms with Gasteiger partial charge < -0.3 is 14.6 Å². The van der Waals surface area contributed by atoms with Gasteiger partial charge in [0, 0.05) is 12.5 Å². The van der Waals surface area contributed by atoms with E-state index in [0.29, 0.717) is 36.4 Å². The molecule has 6 nitrogen and oxygen atoms in total. The minimum atomic E-state index is -1.01. The van der Waals surface area contributed by atoms with E-state index in [9.17, 15) is 14.7 Å². The summed E-state index contributed by atoms with van der Waals surface area (Å²) in [4.78, 5) is 24.8. The molecule has 0 saturated carbocycles. The van der Waals surface area contributed by atoms with Crippen LogP contribution < -0.4 is 14.4 Å².